The van der Waals surface area contributed by atoms with Gasteiger partial charge in [-0.25, -0.2) is 0 Å². The Hall–Kier alpha value is -2.64. The van der Waals surface area contributed by atoms with Crippen LogP contribution in [0.15, 0.2) is 72.8 Å². The van der Waals surface area contributed by atoms with Crippen molar-refractivity contribution in [3.63, 3.8) is 0 Å². The molecule has 4 aromatic rings. The molecule has 5 rings (SSSR count). The number of aliphatic hydroxyl groups is 1. The van der Waals surface area contributed by atoms with E-state index in [4.69, 9.17) is 0 Å². The minimum absolute atomic E-state index is 0.539. The molecule has 0 aromatic heterocycles. The molecule has 0 aliphatic heterocycles. The molecule has 0 radical (unpaired) electrons. The Kier molecular flexibility index (Phi) is 2.61. The predicted molar refractivity (Wildman–Crippen MR) is 94.8 cm³/mol. The molecule has 1 atom stereocenters. The van der Waals surface area contributed by atoms with Crippen LogP contribution >= 0.6 is 0 Å². The third kappa shape index (κ3) is 1.84. The summed E-state index contributed by atoms with van der Waals surface area (Å²) in [6.45, 7) is 0. The van der Waals surface area contributed by atoms with Crippen LogP contribution in [0.25, 0.3) is 21.5 Å². The fraction of sp³-hybridized carbons (Fsp3) is 0.0909. The number of aliphatic hydroxyl groups excluding tert-OH is 1. The van der Waals surface area contributed by atoms with Gasteiger partial charge in [0.25, 0.3) is 0 Å². The average molecular weight is 296 g/mol. The molecule has 4 aromatic carbocycles. The van der Waals surface area contributed by atoms with E-state index in [9.17, 15) is 5.11 Å². The van der Waals surface area contributed by atoms with Crippen LogP contribution in [0.3, 0.4) is 0 Å². The van der Waals surface area contributed by atoms with Crippen molar-refractivity contribution in [2.45, 2.75) is 12.5 Å². The number of hydrogen-bond donors (Lipinski definition) is 1. The van der Waals surface area contributed by atoms with Crippen LogP contribution in [0.2, 0.25) is 0 Å². The van der Waals surface area contributed by atoms with E-state index in [0.29, 0.717) is 0 Å². The Bertz CT molecular complexity index is 1060. The summed E-state index contributed by atoms with van der Waals surface area (Å²) in [4.78, 5) is 0. The van der Waals surface area contributed by atoms with Crippen LogP contribution < -0.4 is 0 Å². The standard InChI is InChI=1S/C22H16O/c23-22-19-10-9-14-5-3-4-8-18(14)21(19)13-17-11-15-6-1-2-7-16(15)12-20(17)22/h1-12,22-23H,13H2. The lowest BCUT2D eigenvalue weighted by Crippen LogP contribution is -2.13. The summed E-state index contributed by atoms with van der Waals surface area (Å²) < 4.78 is 0. The third-order valence-electron chi connectivity index (χ3n) is 5.04. The van der Waals surface area contributed by atoms with Crippen molar-refractivity contribution in [2.75, 3.05) is 0 Å². The quantitative estimate of drug-likeness (QED) is 0.485. The van der Waals surface area contributed by atoms with Crippen LogP contribution in [0.5, 0.6) is 0 Å². The Morgan fingerprint density at radius 3 is 2.22 bits per heavy atom. The van der Waals surface area contributed by atoms with Crippen molar-refractivity contribution in [2.24, 2.45) is 0 Å². The highest BCUT2D eigenvalue weighted by Gasteiger charge is 2.25. The molecule has 1 nitrogen and oxygen atoms in total. The number of hydrogen-bond acceptors (Lipinski definition) is 1. The zero-order chi connectivity index (χ0) is 15.4. The molecule has 0 bridgehead atoms. The van der Waals surface area contributed by atoms with Crippen LogP contribution in [-0.4, -0.2) is 5.11 Å². The van der Waals surface area contributed by atoms with E-state index in [0.717, 1.165) is 17.5 Å². The topological polar surface area (TPSA) is 20.2 Å². The molecule has 1 aliphatic carbocycles. The van der Waals surface area contributed by atoms with Gasteiger partial charge in [0.05, 0.1) is 0 Å². The summed E-state index contributed by atoms with van der Waals surface area (Å²) in [5, 5.41) is 15.9. The van der Waals surface area contributed by atoms with E-state index in [2.05, 4.69) is 66.7 Å². The van der Waals surface area contributed by atoms with Gasteiger partial charge in [0.2, 0.25) is 0 Å². The molecule has 0 amide bonds. The monoisotopic (exact) mass is 296 g/mol. The zero-order valence-corrected chi connectivity index (χ0v) is 12.7. The predicted octanol–water partition coefficient (Wildman–Crippen LogP) is 4.98. The number of fused-ring (bicyclic) bond motifs is 5. The first-order valence-corrected chi connectivity index (χ1v) is 8.01. The molecule has 0 heterocycles. The molecular formula is C22H16O. The lowest BCUT2D eigenvalue weighted by Gasteiger charge is -2.26. The highest BCUT2D eigenvalue weighted by molar-refractivity contribution is 5.89. The lowest BCUT2D eigenvalue weighted by molar-refractivity contribution is 0.216. The molecule has 23 heavy (non-hydrogen) atoms. The molecule has 1 heteroatoms. The van der Waals surface area contributed by atoms with Crippen LogP contribution in [-0.2, 0) is 6.42 Å². The molecule has 110 valence electrons. The van der Waals surface area contributed by atoms with Crippen LogP contribution in [0.1, 0.15) is 28.4 Å². The maximum Gasteiger partial charge on any atom is 0.105 e. The average Bonchev–Trinajstić information content (AvgIpc) is 2.60. The first kappa shape index (κ1) is 12.9. The van der Waals surface area contributed by atoms with Gasteiger partial charge in [0, 0.05) is 0 Å². The Morgan fingerprint density at radius 2 is 1.39 bits per heavy atom. The second-order valence-electron chi connectivity index (χ2n) is 6.33. The van der Waals surface area contributed by atoms with Gasteiger partial charge < -0.3 is 5.11 Å². The number of rotatable bonds is 0. The first-order chi connectivity index (χ1) is 11.3. The summed E-state index contributed by atoms with van der Waals surface area (Å²) in [6.07, 6.45) is 0.344. The van der Waals surface area contributed by atoms with Crippen molar-refractivity contribution < 1.29 is 5.11 Å². The Morgan fingerprint density at radius 1 is 0.696 bits per heavy atom. The van der Waals surface area contributed by atoms with Gasteiger partial charge in [-0.2, -0.15) is 0 Å². The molecular weight excluding hydrogens is 280 g/mol. The van der Waals surface area contributed by atoms with E-state index in [1.54, 1.807) is 0 Å². The fourth-order valence-corrected chi connectivity index (χ4v) is 3.88. The number of benzene rings is 4. The SMILES string of the molecule is OC1c2cc3ccccc3cc2Cc2c1ccc1ccccc21. The smallest absolute Gasteiger partial charge is 0.105 e. The summed E-state index contributed by atoms with van der Waals surface area (Å²) in [6, 6.07) is 25.4. The van der Waals surface area contributed by atoms with Crippen molar-refractivity contribution in [3.05, 3.63) is 95.1 Å². The van der Waals surface area contributed by atoms with Crippen molar-refractivity contribution in [1.82, 2.24) is 0 Å². The summed E-state index contributed by atoms with van der Waals surface area (Å²) >= 11 is 0. The van der Waals surface area contributed by atoms with E-state index >= 15 is 0 Å². The first-order valence-electron chi connectivity index (χ1n) is 8.01. The molecule has 0 saturated heterocycles. The summed E-state index contributed by atoms with van der Waals surface area (Å²) in [5.41, 5.74) is 4.59. The van der Waals surface area contributed by atoms with Crippen molar-refractivity contribution in [1.29, 1.82) is 0 Å². The molecule has 0 spiro atoms. The van der Waals surface area contributed by atoms with Crippen molar-refractivity contribution >= 4 is 21.5 Å². The van der Waals surface area contributed by atoms with Gasteiger partial charge in [-0.15, -0.1) is 0 Å². The van der Waals surface area contributed by atoms with Gasteiger partial charge in [-0.3, -0.25) is 0 Å². The van der Waals surface area contributed by atoms with E-state index in [1.165, 1.54) is 32.7 Å². The second-order valence-corrected chi connectivity index (χ2v) is 6.33. The van der Waals surface area contributed by atoms with Gasteiger partial charge >= 0.3 is 0 Å². The highest BCUT2D eigenvalue weighted by Crippen LogP contribution is 2.39. The maximum absolute atomic E-state index is 10.9. The van der Waals surface area contributed by atoms with Crippen LogP contribution in [0, 0.1) is 0 Å². The van der Waals surface area contributed by atoms with Crippen LogP contribution in [0.4, 0.5) is 0 Å². The third-order valence-corrected chi connectivity index (χ3v) is 5.04. The summed E-state index contributed by atoms with van der Waals surface area (Å²) in [7, 11) is 0. The van der Waals surface area contributed by atoms with Gasteiger partial charge in [-0.1, -0.05) is 66.7 Å². The van der Waals surface area contributed by atoms with E-state index < -0.39 is 6.10 Å². The van der Waals surface area contributed by atoms with Crippen molar-refractivity contribution in [3.8, 4) is 0 Å². The van der Waals surface area contributed by atoms with Gasteiger partial charge in [0.1, 0.15) is 6.10 Å². The fourth-order valence-electron chi connectivity index (χ4n) is 3.88. The minimum Gasteiger partial charge on any atom is -0.384 e. The van der Waals surface area contributed by atoms with Gasteiger partial charge in [-0.05, 0) is 56.3 Å². The van der Waals surface area contributed by atoms with E-state index in [-0.39, 0.29) is 0 Å². The van der Waals surface area contributed by atoms with Gasteiger partial charge in [0.15, 0.2) is 0 Å². The molecule has 1 unspecified atom stereocenters. The molecule has 0 saturated carbocycles. The highest BCUT2D eigenvalue weighted by atomic mass is 16.3. The Labute approximate surface area is 134 Å². The Balaban J connectivity index is 1.80. The minimum atomic E-state index is -0.539. The van der Waals surface area contributed by atoms with E-state index in [1.807, 2.05) is 6.07 Å². The normalized spacial score (nSPS) is 16.3. The zero-order valence-electron chi connectivity index (χ0n) is 12.7. The molecule has 1 aliphatic rings. The maximum atomic E-state index is 10.9. The molecule has 1 N–H and O–H groups in total. The summed E-state index contributed by atoms with van der Waals surface area (Å²) in [5.74, 6) is 0. The molecule has 0 fully saturated rings. The second kappa shape index (κ2) is 4.68. The lowest BCUT2D eigenvalue weighted by atomic mass is 9.80. The largest absolute Gasteiger partial charge is 0.384 e.